The zero-order chi connectivity index (χ0) is 14.6. The molecule has 3 nitrogen and oxygen atoms in total. The first-order valence-corrected chi connectivity index (χ1v) is 6.68. The van der Waals surface area contributed by atoms with Crippen LogP contribution < -0.4 is 4.74 Å². The Balaban J connectivity index is 2.52. The van der Waals surface area contributed by atoms with Crippen LogP contribution in [0.15, 0.2) is 12.1 Å². The van der Waals surface area contributed by atoms with E-state index in [1.54, 1.807) is 0 Å². The minimum absolute atomic E-state index is 0.235. The van der Waals surface area contributed by atoms with Crippen LogP contribution in [0.4, 0.5) is 0 Å². The lowest BCUT2D eigenvalue weighted by Gasteiger charge is -2.19. The maximum atomic E-state index is 11.5. The Labute approximate surface area is 119 Å². The lowest BCUT2D eigenvalue weighted by molar-refractivity contribution is -0.155. The Morgan fingerprint density at radius 1 is 1.21 bits per heavy atom. The predicted octanol–water partition coefficient (Wildman–Crippen LogP) is 4.07. The summed E-state index contributed by atoms with van der Waals surface area (Å²) in [5, 5.41) is 0.689. The molecule has 1 rings (SSSR count). The summed E-state index contributed by atoms with van der Waals surface area (Å²) in [6.07, 6.45) is 0.235. The number of benzene rings is 1. The molecular weight excluding hydrogens is 264 g/mol. The van der Waals surface area contributed by atoms with Gasteiger partial charge in [0.1, 0.15) is 11.4 Å². The number of esters is 1. The second-order valence-electron chi connectivity index (χ2n) is 5.55. The Bertz CT molecular complexity index is 438. The normalized spacial score (nSPS) is 11.3. The molecule has 0 N–H and O–H groups in total. The van der Waals surface area contributed by atoms with E-state index in [1.165, 1.54) is 0 Å². The third kappa shape index (κ3) is 5.52. The van der Waals surface area contributed by atoms with Crippen LogP contribution in [0.25, 0.3) is 0 Å². The van der Waals surface area contributed by atoms with Gasteiger partial charge in [-0.15, -0.1) is 0 Å². The van der Waals surface area contributed by atoms with E-state index in [-0.39, 0.29) is 12.4 Å². The monoisotopic (exact) mass is 284 g/mol. The van der Waals surface area contributed by atoms with Gasteiger partial charge in [-0.05, 0) is 57.9 Å². The van der Waals surface area contributed by atoms with E-state index in [1.807, 2.05) is 46.8 Å². The third-order valence-electron chi connectivity index (χ3n) is 2.40. The van der Waals surface area contributed by atoms with Gasteiger partial charge in [0.05, 0.1) is 13.0 Å². The van der Waals surface area contributed by atoms with E-state index in [0.717, 1.165) is 16.9 Å². The van der Waals surface area contributed by atoms with Crippen molar-refractivity contribution in [2.75, 3.05) is 6.61 Å². The van der Waals surface area contributed by atoms with Gasteiger partial charge in [-0.3, -0.25) is 4.79 Å². The lowest BCUT2D eigenvalue weighted by Crippen LogP contribution is -2.24. The SMILES string of the molecule is Cc1cc(Cl)cc(C)c1OCCC(=O)OC(C)(C)C. The van der Waals surface area contributed by atoms with Crippen LogP contribution in [0.3, 0.4) is 0 Å². The molecule has 0 bridgehead atoms. The van der Waals surface area contributed by atoms with E-state index < -0.39 is 5.60 Å². The van der Waals surface area contributed by atoms with Crippen molar-refractivity contribution in [3.05, 3.63) is 28.3 Å². The van der Waals surface area contributed by atoms with Gasteiger partial charge in [0.15, 0.2) is 0 Å². The Hall–Kier alpha value is -1.22. The van der Waals surface area contributed by atoms with Crippen molar-refractivity contribution < 1.29 is 14.3 Å². The van der Waals surface area contributed by atoms with Gasteiger partial charge in [-0.1, -0.05) is 11.6 Å². The summed E-state index contributed by atoms with van der Waals surface area (Å²) in [5.74, 6) is 0.532. The van der Waals surface area contributed by atoms with Crippen LogP contribution in [0.5, 0.6) is 5.75 Å². The smallest absolute Gasteiger partial charge is 0.309 e. The molecular formula is C15H21ClO3. The minimum atomic E-state index is -0.455. The number of carbonyl (C=O) groups is 1. The van der Waals surface area contributed by atoms with Crippen LogP contribution in [0.1, 0.15) is 38.3 Å². The van der Waals surface area contributed by atoms with Crippen molar-refractivity contribution in [3.8, 4) is 5.75 Å². The highest BCUT2D eigenvalue weighted by molar-refractivity contribution is 6.30. The molecule has 106 valence electrons. The van der Waals surface area contributed by atoms with Gasteiger partial charge in [0.25, 0.3) is 0 Å². The molecule has 0 spiro atoms. The summed E-state index contributed by atoms with van der Waals surface area (Å²) in [6, 6.07) is 3.69. The quantitative estimate of drug-likeness (QED) is 0.782. The molecule has 0 aliphatic carbocycles. The number of hydrogen-bond acceptors (Lipinski definition) is 3. The average molecular weight is 285 g/mol. The molecule has 1 aromatic rings. The summed E-state index contributed by atoms with van der Waals surface area (Å²) in [7, 11) is 0. The van der Waals surface area contributed by atoms with Gasteiger partial charge >= 0.3 is 5.97 Å². The van der Waals surface area contributed by atoms with Gasteiger partial charge < -0.3 is 9.47 Å². The molecule has 0 saturated heterocycles. The summed E-state index contributed by atoms with van der Waals surface area (Å²) in [6.45, 7) is 9.71. The van der Waals surface area contributed by atoms with E-state index in [0.29, 0.717) is 11.6 Å². The molecule has 4 heteroatoms. The molecule has 0 saturated carbocycles. The number of hydrogen-bond donors (Lipinski definition) is 0. The molecule has 0 unspecified atom stereocenters. The van der Waals surface area contributed by atoms with Crippen LogP contribution in [0.2, 0.25) is 5.02 Å². The number of ether oxygens (including phenoxy) is 2. The topological polar surface area (TPSA) is 35.5 Å². The van der Waals surface area contributed by atoms with E-state index in [4.69, 9.17) is 21.1 Å². The van der Waals surface area contributed by atoms with Crippen LogP contribution >= 0.6 is 11.6 Å². The molecule has 0 radical (unpaired) electrons. The third-order valence-corrected chi connectivity index (χ3v) is 2.62. The number of halogens is 1. The second-order valence-corrected chi connectivity index (χ2v) is 5.99. The van der Waals surface area contributed by atoms with Crippen molar-refractivity contribution in [2.45, 2.75) is 46.6 Å². The van der Waals surface area contributed by atoms with Crippen molar-refractivity contribution in [3.63, 3.8) is 0 Å². The fourth-order valence-corrected chi connectivity index (χ4v) is 2.08. The van der Waals surface area contributed by atoms with Crippen LogP contribution in [-0.2, 0) is 9.53 Å². The fraction of sp³-hybridized carbons (Fsp3) is 0.533. The zero-order valence-electron chi connectivity index (χ0n) is 12.2. The highest BCUT2D eigenvalue weighted by Gasteiger charge is 2.16. The average Bonchev–Trinajstić information content (AvgIpc) is 2.19. The zero-order valence-corrected chi connectivity index (χ0v) is 12.9. The first-order valence-electron chi connectivity index (χ1n) is 6.30. The van der Waals surface area contributed by atoms with Gasteiger partial charge in [0, 0.05) is 5.02 Å². The summed E-state index contributed by atoms with van der Waals surface area (Å²) >= 11 is 5.95. The maximum Gasteiger partial charge on any atom is 0.309 e. The van der Waals surface area contributed by atoms with Crippen molar-refractivity contribution >= 4 is 17.6 Å². The molecule has 0 aliphatic rings. The lowest BCUT2D eigenvalue weighted by atomic mass is 10.1. The molecule has 0 atom stereocenters. The van der Waals surface area contributed by atoms with Crippen LogP contribution in [-0.4, -0.2) is 18.2 Å². The first-order chi connectivity index (χ1) is 8.69. The molecule has 0 heterocycles. The Morgan fingerprint density at radius 3 is 2.21 bits per heavy atom. The minimum Gasteiger partial charge on any atom is -0.492 e. The molecule has 19 heavy (non-hydrogen) atoms. The molecule has 1 aromatic carbocycles. The van der Waals surface area contributed by atoms with Crippen molar-refractivity contribution in [2.24, 2.45) is 0 Å². The highest BCUT2D eigenvalue weighted by Crippen LogP contribution is 2.27. The van der Waals surface area contributed by atoms with Gasteiger partial charge in [-0.25, -0.2) is 0 Å². The van der Waals surface area contributed by atoms with Gasteiger partial charge in [-0.2, -0.15) is 0 Å². The van der Waals surface area contributed by atoms with Crippen molar-refractivity contribution in [1.82, 2.24) is 0 Å². The van der Waals surface area contributed by atoms with Crippen molar-refractivity contribution in [1.29, 1.82) is 0 Å². The Morgan fingerprint density at radius 2 is 1.74 bits per heavy atom. The molecule has 0 aromatic heterocycles. The van der Waals surface area contributed by atoms with E-state index in [9.17, 15) is 4.79 Å². The fourth-order valence-electron chi connectivity index (χ4n) is 1.75. The summed E-state index contributed by atoms with van der Waals surface area (Å²) < 4.78 is 10.9. The van der Waals surface area contributed by atoms with Gasteiger partial charge in [0.2, 0.25) is 0 Å². The maximum absolute atomic E-state index is 11.5. The summed E-state index contributed by atoms with van der Waals surface area (Å²) in [5.41, 5.74) is 1.48. The Kier molecular flexibility index (Phi) is 5.24. The standard InChI is InChI=1S/C15H21ClO3/c1-10-8-12(16)9-11(2)14(10)18-7-6-13(17)19-15(3,4)5/h8-9H,6-7H2,1-5H3. The first kappa shape index (κ1) is 15.8. The largest absolute Gasteiger partial charge is 0.492 e. The van der Waals surface area contributed by atoms with E-state index >= 15 is 0 Å². The molecule has 0 amide bonds. The number of aryl methyl sites for hydroxylation is 2. The second kappa shape index (κ2) is 6.29. The highest BCUT2D eigenvalue weighted by atomic mass is 35.5. The van der Waals surface area contributed by atoms with E-state index in [2.05, 4.69) is 0 Å². The molecule has 0 fully saturated rings. The summed E-state index contributed by atoms with van der Waals surface area (Å²) in [4.78, 5) is 11.5. The number of carbonyl (C=O) groups excluding carboxylic acids is 1. The van der Waals surface area contributed by atoms with Crippen LogP contribution in [0, 0.1) is 13.8 Å². The predicted molar refractivity (Wildman–Crippen MR) is 76.9 cm³/mol. The molecule has 0 aliphatic heterocycles. The number of rotatable bonds is 4.